The molecule has 0 fully saturated rings. The van der Waals surface area contributed by atoms with Crippen LogP contribution in [0.4, 0.5) is 5.82 Å². The number of nitrogen functional groups attached to an aromatic ring is 1. The van der Waals surface area contributed by atoms with Crippen molar-refractivity contribution in [3.8, 4) is 0 Å². The molecule has 19 heavy (non-hydrogen) atoms. The molecule has 0 unspecified atom stereocenters. The third-order valence-electron chi connectivity index (χ3n) is 2.68. The fourth-order valence-corrected chi connectivity index (χ4v) is 3.61. The summed E-state index contributed by atoms with van der Waals surface area (Å²) >= 11 is 1.47. The van der Waals surface area contributed by atoms with Crippen LogP contribution >= 0.6 is 11.3 Å². The Morgan fingerprint density at radius 2 is 2.16 bits per heavy atom. The molecule has 0 aliphatic heterocycles. The van der Waals surface area contributed by atoms with Crippen molar-refractivity contribution in [2.45, 2.75) is 25.3 Å². The van der Waals surface area contributed by atoms with Crippen LogP contribution in [0.3, 0.4) is 0 Å². The van der Waals surface area contributed by atoms with Gasteiger partial charge in [-0.15, -0.1) is 11.3 Å². The molecular formula is C10H15N5O2S2. The Kier molecular flexibility index (Phi) is 3.61. The van der Waals surface area contributed by atoms with Gasteiger partial charge in [-0.3, -0.25) is 4.68 Å². The van der Waals surface area contributed by atoms with Crippen LogP contribution in [-0.2, 0) is 23.6 Å². The Bertz CT molecular complexity index is 702. The average Bonchev–Trinajstić information content (AvgIpc) is 2.82. The standard InChI is InChI=1S/C10H15N5O2S2/c1-6-9(10(11)14-15(6)3)19(16,17)12-4-8-5-18-7(2)13-8/h5,12H,4H2,1-3H3,(H2,11,14). The molecule has 0 saturated carbocycles. The molecule has 0 atom stereocenters. The number of hydrogen-bond donors (Lipinski definition) is 2. The van der Waals surface area contributed by atoms with Gasteiger partial charge in [0.15, 0.2) is 5.82 Å². The second-order valence-electron chi connectivity index (χ2n) is 4.11. The molecule has 7 nitrogen and oxygen atoms in total. The van der Waals surface area contributed by atoms with Crippen LogP contribution < -0.4 is 10.5 Å². The number of anilines is 1. The number of sulfonamides is 1. The van der Waals surface area contributed by atoms with E-state index in [-0.39, 0.29) is 17.3 Å². The molecule has 9 heteroatoms. The van der Waals surface area contributed by atoms with E-state index in [1.54, 1.807) is 14.0 Å². The number of thiazole rings is 1. The molecule has 104 valence electrons. The quantitative estimate of drug-likeness (QED) is 0.858. The van der Waals surface area contributed by atoms with Gasteiger partial charge in [0.05, 0.1) is 22.9 Å². The zero-order chi connectivity index (χ0) is 14.2. The lowest BCUT2D eigenvalue weighted by Gasteiger charge is -2.05. The smallest absolute Gasteiger partial charge is 0.246 e. The maximum atomic E-state index is 12.2. The summed E-state index contributed by atoms with van der Waals surface area (Å²) in [6.07, 6.45) is 0. The first-order valence-electron chi connectivity index (χ1n) is 5.51. The minimum atomic E-state index is -3.68. The maximum absolute atomic E-state index is 12.2. The summed E-state index contributed by atoms with van der Waals surface area (Å²) < 4.78 is 28.3. The molecule has 2 aromatic heterocycles. The molecule has 0 spiro atoms. The van der Waals surface area contributed by atoms with Gasteiger partial charge in [-0.25, -0.2) is 18.1 Å². The van der Waals surface area contributed by atoms with Crippen molar-refractivity contribution in [2.75, 3.05) is 5.73 Å². The summed E-state index contributed by atoms with van der Waals surface area (Å²) in [6, 6.07) is 0. The molecule has 2 heterocycles. The van der Waals surface area contributed by atoms with Gasteiger partial charge in [-0.05, 0) is 13.8 Å². The van der Waals surface area contributed by atoms with Gasteiger partial charge in [0.2, 0.25) is 10.0 Å². The highest BCUT2D eigenvalue weighted by Crippen LogP contribution is 2.21. The summed E-state index contributed by atoms with van der Waals surface area (Å²) in [5.41, 5.74) is 6.82. The summed E-state index contributed by atoms with van der Waals surface area (Å²) in [5, 5.41) is 6.61. The maximum Gasteiger partial charge on any atom is 0.246 e. The Hall–Kier alpha value is -1.45. The summed E-state index contributed by atoms with van der Waals surface area (Å²) in [5.74, 6) is 0.00181. The first kappa shape index (κ1) is 14.0. The average molecular weight is 301 g/mol. The van der Waals surface area contributed by atoms with E-state index < -0.39 is 10.0 Å². The molecule has 2 aromatic rings. The molecular weight excluding hydrogens is 286 g/mol. The Morgan fingerprint density at radius 3 is 2.63 bits per heavy atom. The molecule has 2 rings (SSSR count). The summed E-state index contributed by atoms with van der Waals surface area (Å²) in [7, 11) is -2.04. The second-order valence-corrected chi connectivity index (χ2v) is 6.87. The van der Waals surface area contributed by atoms with Crippen LogP contribution in [0.1, 0.15) is 16.4 Å². The third-order valence-corrected chi connectivity index (χ3v) is 5.07. The van der Waals surface area contributed by atoms with Gasteiger partial charge in [-0.2, -0.15) is 5.10 Å². The van der Waals surface area contributed by atoms with Crippen molar-refractivity contribution in [1.29, 1.82) is 0 Å². The Labute approximate surface area is 115 Å². The lowest BCUT2D eigenvalue weighted by Crippen LogP contribution is -2.24. The van der Waals surface area contributed by atoms with Crippen molar-refractivity contribution in [2.24, 2.45) is 7.05 Å². The van der Waals surface area contributed by atoms with Crippen LogP contribution in [0.15, 0.2) is 10.3 Å². The van der Waals surface area contributed by atoms with Crippen LogP contribution in [0, 0.1) is 13.8 Å². The summed E-state index contributed by atoms with van der Waals surface area (Å²) in [4.78, 5) is 4.23. The fourth-order valence-electron chi connectivity index (χ4n) is 1.68. The van der Waals surface area contributed by atoms with Crippen LogP contribution in [0.2, 0.25) is 0 Å². The van der Waals surface area contributed by atoms with Crippen LogP contribution in [0.5, 0.6) is 0 Å². The molecule has 0 aliphatic carbocycles. The molecule has 0 amide bonds. The van der Waals surface area contributed by atoms with Gasteiger partial charge in [0, 0.05) is 12.4 Å². The first-order valence-corrected chi connectivity index (χ1v) is 7.87. The number of aryl methyl sites for hydroxylation is 2. The normalized spacial score (nSPS) is 11.9. The highest BCUT2D eigenvalue weighted by Gasteiger charge is 2.24. The Morgan fingerprint density at radius 1 is 1.47 bits per heavy atom. The number of aromatic nitrogens is 3. The van der Waals surface area contributed by atoms with Gasteiger partial charge in [0.1, 0.15) is 4.90 Å². The largest absolute Gasteiger partial charge is 0.381 e. The van der Waals surface area contributed by atoms with Crippen molar-refractivity contribution in [1.82, 2.24) is 19.5 Å². The van der Waals surface area contributed by atoms with Gasteiger partial charge >= 0.3 is 0 Å². The minimum absolute atomic E-state index is 0.00181. The van der Waals surface area contributed by atoms with Crippen molar-refractivity contribution in [3.05, 3.63) is 21.8 Å². The number of nitrogens with zero attached hydrogens (tertiary/aromatic N) is 3. The van der Waals surface area contributed by atoms with Gasteiger partial charge in [-0.1, -0.05) is 0 Å². The zero-order valence-corrected chi connectivity index (χ0v) is 12.5. The number of rotatable bonds is 4. The van der Waals surface area contributed by atoms with E-state index in [1.165, 1.54) is 16.0 Å². The molecule has 0 aromatic carbocycles. The summed E-state index contributed by atoms with van der Waals surface area (Å²) in [6.45, 7) is 3.66. The van der Waals surface area contributed by atoms with Crippen LogP contribution in [0.25, 0.3) is 0 Å². The van der Waals surface area contributed by atoms with Crippen LogP contribution in [-0.4, -0.2) is 23.2 Å². The molecule has 0 aliphatic rings. The third kappa shape index (κ3) is 2.77. The lowest BCUT2D eigenvalue weighted by molar-refractivity contribution is 0.579. The van der Waals surface area contributed by atoms with E-state index in [0.29, 0.717) is 11.4 Å². The van der Waals surface area contributed by atoms with Crippen molar-refractivity contribution < 1.29 is 8.42 Å². The van der Waals surface area contributed by atoms with Gasteiger partial charge < -0.3 is 5.73 Å². The SMILES string of the molecule is Cc1nc(CNS(=O)(=O)c2c(N)nn(C)c2C)cs1. The van der Waals surface area contributed by atoms with Gasteiger partial charge in [0.25, 0.3) is 0 Å². The van der Waals surface area contributed by atoms with E-state index in [0.717, 1.165) is 5.01 Å². The zero-order valence-electron chi connectivity index (χ0n) is 10.8. The van der Waals surface area contributed by atoms with E-state index in [1.807, 2.05) is 12.3 Å². The highest BCUT2D eigenvalue weighted by molar-refractivity contribution is 7.89. The lowest BCUT2D eigenvalue weighted by atomic mass is 10.5. The van der Waals surface area contributed by atoms with E-state index in [2.05, 4.69) is 14.8 Å². The Balaban J connectivity index is 2.23. The fraction of sp³-hybridized carbons (Fsp3) is 0.400. The highest BCUT2D eigenvalue weighted by atomic mass is 32.2. The molecule has 0 radical (unpaired) electrons. The van der Waals surface area contributed by atoms with E-state index >= 15 is 0 Å². The number of nitrogens with two attached hydrogens (primary N) is 1. The molecule has 0 bridgehead atoms. The molecule has 3 N–H and O–H groups in total. The second kappa shape index (κ2) is 4.91. The topological polar surface area (TPSA) is 103 Å². The minimum Gasteiger partial charge on any atom is -0.381 e. The molecule has 0 saturated heterocycles. The van der Waals surface area contributed by atoms with Crippen molar-refractivity contribution >= 4 is 27.2 Å². The monoisotopic (exact) mass is 301 g/mol. The van der Waals surface area contributed by atoms with Crippen molar-refractivity contribution in [3.63, 3.8) is 0 Å². The van der Waals surface area contributed by atoms with E-state index in [9.17, 15) is 8.42 Å². The number of hydrogen-bond acceptors (Lipinski definition) is 6. The predicted molar refractivity (Wildman–Crippen MR) is 73.2 cm³/mol. The first-order chi connectivity index (χ1) is 8.81. The van der Waals surface area contributed by atoms with E-state index in [4.69, 9.17) is 5.73 Å². The predicted octanol–water partition coefficient (Wildman–Crippen LogP) is 0.554. The number of nitrogens with one attached hydrogen (secondary N) is 1.